The van der Waals surface area contributed by atoms with E-state index in [9.17, 15) is 20.1 Å². The van der Waals surface area contributed by atoms with Crippen molar-refractivity contribution >= 4 is 40.4 Å². The van der Waals surface area contributed by atoms with E-state index in [1.165, 1.54) is 11.3 Å². The highest BCUT2D eigenvalue weighted by atomic mass is 35.5. The van der Waals surface area contributed by atoms with Gasteiger partial charge in [0.1, 0.15) is 0 Å². The van der Waals surface area contributed by atoms with Crippen LogP contribution in [0.5, 0.6) is 0 Å². The summed E-state index contributed by atoms with van der Waals surface area (Å²) in [7, 11) is 0. The van der Waals surface area contributed by atoms with Crippen molar-refractivity contribution in [2.24, 2.45) is 17.6 Å². The van der Waals surface area contributed by atoms with Crippen molar-refractivity contribution in [1.82, 2.24) is 0 Å². The molecular weight excluding hydrogens is 433 g/mol. The highest BCUT2D eigenvalue weighted by molar-refractivity contribution is 7.20. The molecule has 0 aliphatic heterocycles. The van der Waals surface area contributed by atoms with E-state index in [4.69, 9.17) is 28.9 Å². The number of aliphatic hydroxyl groups excluding tert-OH is 3. The molecule has 29 heavy (non-hydrogen) atoms. The second kappa shape index (κ2) is 12.1. The van der Waals surface area contributed by atoms with Crippen molar-refractivity contribution in [2.75, 3.05) is 0 Å². The highest BCUT2D eigenvalue weighted by Gasteiger charge is 2.39. The molecule has 8 heteroatoms. The first-order chi connectivity index (χ1) is 13.8. The number of nitrogens with two attached hydrogens (primary N) is 1. The molecule has 5 nitrogen and oxygen atoms in total. The average Bonchev–Trinajstić information content (AvgIpc) is 3.11. The number of aliphatic hydroxyl groups is 3. The van der Waals surface area contributed by atoms with Gasteiger partial charge in [-0.1, -0.05) is 47.5 Å². The number of hydrogen-bond donors (Lipinski definition) is 4. The molecule has 1 amide bonds. The molecule has 1 aliphatic rings. The second-order valence-corrected chi connectivity index (χ2v) is 9.80. The largest absolute Gasteiger partial charge is 0.393 e. The third kappa shape index (κ3) is 8.04. The normalized spacial score (nSPS) is 26.0. The number of amides is 1. The lowest BCUT2D eigenvalue weighted by atomic mass is 9.89. The molecule has 5 N–H and O–H groups in total. The Labute approximate surface area is 185 Å². The van der Waals surface area contributed by atoms with Crippen LogP contribution >= 0.6 is 34.5 Å². The SMILES string of the molecule is NC(=O)CCCC=CC[C@H]1C(O)CC(O)[C@@H]1C=CC(O)CCc1cc(Cl)sc1Cl. The van der Waals surface area contributed by atoms with Gasteiger partial charge in [0.15, 0.2) is 0 Å². The smallest absolute Gasteiger partial charge is 0.217 e. The van der Waals surface area contributed by atoms with Gasteiger partial charge in [0.25, 0.3) is 0 Å². The number of allylic oxidation sites excluding steroid dienone is 2. The first-order valence-electron chi connectivity index (χ1n) is 9.87. The molecule has 0 radical (unpaired) electrons. The molecule has 1 heterocycles. The van der Waals surface area contributed by atoms with Gasteiger partial charge < -0.3 is 21.1 Å². The van der Waals surface area contributed by atoms with Crippen molar-refractivity contribution < 1.29 is 20.1 Å². The third-order valence-corrected chi connectivity index (χ3v) is 6.85. The Morgan fingerprint density at radius 1 is 1.31 bits per heavy atom. The third-order valence-electron chi connectivity index (χ3n) is 5.28. The summed E-state index contributed by atoms with van der Waals surface area (Å²) in [6.07, 6.45) is 9.47. The number of thiophene rings is 1. The Morgan fingerprint density at radius 3 is 2.72 bits per heavy atom. The van der Waals surface area contributed by atoms with E-state index in [1.54, 1.807) is 6.08 Å². The van der Waals surface area contributed by atoms with E-state index in [0.29, 0.717) is 47.2 Å². The summed E-state index contributed by atoms with van der Waals surface area (Å²) in [4.78, 5) is 10.7. The summed E-state index contributed by atoms with van der Waals surface area (Å²) < 4.78 is 1.27. The number of carbonyl (C=O) groups excluding carboxylic acids is 1. The summed E-state index contributed by atoms with van der Waals surface area (Å²) in [5, 5.41) is 30.8. The van der Waals surface area contributed by atoms with E-state index in [2.05, 4.69) is 0 Å². The fourth-order valence-corrected chi connectivity index (χ4v) is 5.22. The van der Waals surface area contributed by atoms with E-state index < -0.39 is 18.3 Å². The second-order valence-electron chi connectivity index (χ2n) is 7.52. The van der Waals surface area contributed by atoms with Crippen LogP contribution in [0.15, 0.2) is 30.4 Å². The maximum absolute atomic E-state index is 10.7. The number of aryl methyl sites for hydroxylation is 1. The lowest BCUT2D eigenvalue weighted by Crippen LogP contribution is -2.20. The summed E-state index contributed by atoms with van der Waals surface area (Å²) in [5.41, 5.74) is 6.04. The van der Waals surface area contributed by atoms with Gasteiger partial charge in [-0.2, -0.15) is 0 Å². The van der Waals surface area contributed by atoms with Crippen LogP contribution in [0.2, 0.25) is 8.67 Å². The zero-order valence-electron chi connectivity index (χ0n) is 16.2. The molecule has 5 atom stereocenters. The van der Waals surface area contributed by atoms with Gasteiger partial charge in [0, 0.05) is 18.8 Å². The van der Waals surface area contributed by atoms with Gasteiger partial charge in [-0.05, 0) is 49.7 Å². The Balaban J connectivity index is 1.84. The monoisotopic (exact) mass is 461 g/mol. The van der Waals surface area contributed by atoms with Gasteiger partial charge >= 0.3 is 0 Å². The molecule has 0 saturated heterocycles. The highest BCUT2D eigenvalue weighted by Crippen LogP contribution is 2.36. The summed E-state index contributed by atoms with van der Waals surface area (Å²) in [6, 6.07) is 1.81. The minimum atomic E-state index is -0.667. The number of unbranched alkanes of at least 4 members (excludes halogenated alkanes) is 1. The zero-order valence-corrected chi connectivity index (χ0v) is 18.5. The molecule has 162 valence electrons. The predicted octanol–water partition coefficient (Wildman–Crippen LogP) is 3.86. The summed E-state index contributed by atoms with van der Waals surface area (Å²) in [6.45, 7) is 0. The Bertz CT molecular complexity index is 722. The van der Waals surface area contributed by atoms with E-state index in [0.717, 1.165) is 12.0 Å². The fraction of sp³-hybridized carbons (Fsp3) is 0.571. The van der Waals surface area contributed by atoms with Crippen molar-refractivity contribution in [2.45, 2.75) is 63.3 Å². The molecule has 3 unspecified atom stereocenters. The Morgan fingerprint density at radius 2 is 2.07 bits per heavy atom. The van der Waals surface area contributed by atoms with Crippen molar-refractivity contribution in [3.63, 3.8) is 0 Å². The minimum Gasteiger partial charge on any atom is -0.393 e. The van der Waals surface area contributed by atoms with Crippen molar-refractivity contribution in [1.29, 1.82) is 0 Å². The quantitative estimate of drug-likeness (QED) is 0.296. The molecule has 0 spiro atoms. The summed E-state index contributed by atoms with van der Waals surface area (Å²) in [5.74, 6) is -0.624. The van der Waals surface area contributed by atoms with Crippen LogP contribution in [-0.2, 0) is 11.2 Å². The maximum atomic E-state index is 10.7. The standard InChI is InChI=1S/C21H29Cl2NO4S/c22-19-11-13(21(23)29-19)7-8-14(25)9-10-16-15(17(26)12-18(16)27)5-3-1-2-4-6-20(24)28/h1,3,9-11,14-18,25-27H,2,4-8,12H2,(H2,24,28)/t14?,15-,16-,17?,18?/m1/s1. The van der Waals surface area contributed by atoms with Gasteiger partial charge in [-0.15, -0.1) is 11.3 Å². The van der Waals surface area contributed by atoms with Crippen molar-refractivity contribution in [3.8, 4) is 0 Å². The molecule has 1 aliphatic carbocycles. The van der Waals surface area contributed by atoms with Crippen LogP contribution in [0.3, 0.4) is 0 Å². The predicted molar refractivity (Wildman–Crippen MR) is 118 cm³/mol. The molecule has 1 aromatic rings. The lowest BCUT2D eigenvalue weighted by molar-refractivity contribution is -0.118. The number of primary amides is 1. The molecule has 2 rings (SSSR count). The van der Waals surface area contributed by atoms with Crippen LogP contribution in [0.4, 0.5) is 0 Å². The molecule has 1 saturated carbocycles. The Kier molecular flexibility index (Phi) is 10.2. The molecular formula is C21H29Cl2NO4S. The lowest BCUT2D eigenvalue weighted by Gasteiger charge is -2.19. The molecule has 0 bridgehead atoms. The topological polar surface area (TPSA) is 104 Å². The van der Waals surface area contributed by atoms with Gasteiger partial charge in [0.2, 0.25) is 5.91 Å². The number of hydrogen-bond acceptors (Lipinski definition) is 5. The first-order valence-corrected chi connectivity index (χ1v) is 11.4. The number of halogens is 2. The van der Waals surface area contributed by atoms with E-state index >= 15 is 0 Å². The molecule has 1 aromatic heterocycles. The molecule has 0 aromatic carbocycles. The number of rotatable bonds is 11. The van der Waals surface area contributed by atoms with Crippen LogP contribution in [0.1, 0.15) is 44.1 Å². The van der Waals surface area contributed by atoms with E-state index in [-0.39, 0.29) is 17.7 Å². The zero-order chi connectivity index (χ0) is 21.4. The van der Waals surface area contributed by atoms with Gasteiger partial charge in [-0.3, -0.25) is 4.79 Å². The molecule has 1 fully saturated rings. The summed E-state index contributed by atoms with van der Waals surface area (Å²) >= 11 is 13.4. The van der Waals surface area contributed by atoms with Gasteiger partial charge in [-0.25, -0.2) is 0 Å². The number of carbonyl (C=O) groups is 1. The van der Waals surface area contributed by atoms with E-state index in [1.807, 2.05) is 24.3 Å². The van der Waals surface area contributed by atoms with Crippen molar-refractivity contribution in [3.05, 3.63) is 44.6 Å². The van der Waals surface area contributed by atoms with Crippen LogP contribution in [0.25, 0.3) is 0 Å². The van der Waals surface area contributed by atoms with Crippen LogP contribution < -0.4 is 5.73 Å². The minimum absolute atomic E-state index is 0.106. The maximum Gasteiger partial charge on any atom is 0.217 e. The fourth-order valence-electron chi connectivity index (χ4n) is 3.67. The average molecular weight is 462 g/mol. The Hall–Kier alpha value is -0.890. The van der Waals surface area contributed by atoms with Crippen LogP contribution in [-0.4, -0.2) is 39.5 Å². The first kappa shape index (κ1) is 24.4. The van der Waals surface area contributed by atoms with Crippen LogP contribution in [0, 0.1) is 11.8 Å². The van der Waals surface area contributed by atoms with Gasteiger partial charge in [0.05, 0.1) is 27.0 Å².